The first-order valence-electron chi connectivity index (χ1n) is 13.5. The van der Waals surface area contributed by atoms with E-state index in [1.807, 2.05) is 66.9 Å². The van der Waals surface area contributed by atoms with E-state index in [1.165, 1.54) is 12.1 Å². The molecular weight excluding hydrogens is 477 g/mol. The maximum atomic E-state index is 13.4. The number of nitrogens with one attached hydrogen (secondary N) is 1. The Bertz CT molecular complexity index is 1170. The lowest BCUT2D eigenvalue weighted by atomic mass is 9.96. The minimum Gasteiger partial charge on any atom is -0.497 e. The zero-order valence-electron chi connectivity index (χ0n) is 22.2. The molecule has 4 rings (SSSR count). The molecule has 0 spiro atoms. The van der Waals surface area contributed by atoms with Gasteiger partial charge in [-0.1, -0.05) is 54.6 Å². The van der Waals surface area contributed by atoms with Crippen LogP contribution in [-0.4, -0.2) is 62.0 Å². The third kappa shape index (κ3) is 8.27. The SMILES string of the molecule is COC1=CC(/C(=C\NCCCN2CCCN(Cc3ccc(F)cc3)CC2)C(=O)c2ccccc2)=CCC=C1. The number of Topliss-reactive ketones (excluding diaryl/α,β-unsaturated/α-hetero) is 1. The highest BCUT2D eigenvalue weighted by Crippen LogP contribution is 2.22. The van der Waals surface area contributed by atoms with Crippen LogP contribution in [0.1, 0.15) is 35.2 Å². The number of carbonyl (C=O) groups excluding carboxylic acids is 1. The third-order valence-corrected chi connectivity index (χ3v) is 6.92. The predicted molar refractivity (Wildman–Crippen MR) is 151 cm³/mol. The first-order chi connectivity index (χ1) is 18.6. The summed E-state index contributed by atoms with van der Waals surface area (Å²) in [6.45, 7) is 6.83. The van der Waals surface area contributed by atoms with Gasteiger partial charge in [-0.05, 0) is 74.3 Å². The highest BCUT2D eigenvalue weighted by molar-refractivity contribution is 6.12. The van der Waals surface area contributed by atoms with E-state index < -0.39 is 0 Å². The van der Waals surface area contributed by atoms with Crippen LogP contribution in [0.15, 0.2) is 102 Å². The van der Waals surface area contributed by atoms with Gasteiger partial charge in [-0.2, -0.15) is 0 Å². The van der Waals surface area contributed by atoms with E-state index in [0.717, 1.165) is 82.0 Å². The van der Waals surface area contributed by atoms with E-state index >= 15 is 0 Å². The molecule has 0 bridgehead atoms. The predicted octanol–water partition coefficient (Wildman–Crippen LogP) is 5.50. The number of nitrogens with zero attached hydrogens (tertiary/aromatic N) is 2. The second kappa shape index (κ2) is 14.5. The van der Waals surface area contributed by atoms with Gasteiger partial charge in [0.05, 0.1) is 7.11 Å². The molecule has 1 saturated heterocycles. The van der Waals surface area contributed by atoms with Gasteiger partial charge in [0.25, 0.3) is 0 Å². The van der Waals surface area contributed by atoms with Crippen LogP contribution in [0, 0.1) is 5.82 Å². The normalized spacial score (nSPS) is 17.3. The molecular formula is C32H38FN3O2. The number of ketones is 1. The Labute approximate surface area is 226 Å². The lowest BCUT2D eigenvalue weighted by Gasteiger charge is -2.22. The Balaban J connectivity index is 1.30. The molecule has 1 aliphatic heterocycles. The summed E-state index contributed by atoms with van der Waals surface area (Å²) in [4.78, 5) is 18.4. The topological polar surface area (TPSA) is 44.8 Å². The van der Waals surface area contributed by atoms with Gasteiger partial charge in [0.1, 0.15) is 11.6 Å². The van der Waals surface area contributed by atoms with Crippen LogP contribution in [0.3, 0.4) is 0 Å². The molecule has 6 heteroatoms. The van der Waals surface area contributed by atoms with E-state index in [9.17, 15) is 9.18 Å². The summed E-state index contributed by atoms with van der Waals surface area (Å²) in [6, 6.07) is 16.2. The van der Waals surface area contributed by atoms with Crippen LogP contribution in [0.5, 0.6) is 0 Å². The fourth-order valence-electron chi connectivity index (χ4n) is 4.81. The summed E-state index contributed by atoms with van der Waals surface area (Å²) < 4.78 is 18.7. The average Bonchev–Trinajstić information content (AvgIpc) is 3.33. The van der Waals surface area contributed by atoms with Crippen molar-refractivity contribution in [2.75, 3.05) is 46.4 Å². The number of halogens is 1. The van der Waals surface area contributed by atoms with Crippen molar-refractivity contribution in [2.24, 2.45) is 0 Å². The molecule has 5 nitrogen and oxygen atoms in total. The van der Waals surface area contributed by atoms with Crippen molar-refractivity contribution in [3.63, 3.8) is 0 Å². The molecule has 2 aromatic carbocycles. The Morgan fingerprint density at radius 3 is 2.58 bits per heavy atom. The first kappa shape index (κ1) is 27.6. The summed E-state index contributed by atoms with van der Waals surface area (Å²) in [7, 11) is 1.64. The van der Waals surface area contributed by atoms with Gasteiger partial charge in [-0.15, -0.1) is 0 Å². The van der Waals surface area contributed by atoms with Gasteiger partial charge in [0, 0.05) is 43.5 Å². The summed E-state index contributed by atoms with van der Waals surface area (Å²) >= 11 is 0. The Morgan fingerprint density at radius 1 is 1.03 bits per heavy atom. The van der Waals surface area contributed by atoms with Gasteiger partial charge in [-0.25, -0.2) is 4.39 Å². The van der Waals surface area contributed by atoms with E-state index in [-0.39, 0.29) is 11.6 Å². The molecule has 0 saturated carbocycles. The van der Waals surface area contributed by atoms with Crippen LogP contribution in [0.4, 0.5) is 4.39 Å². The van der Waals surface area contributed by atoms with E-state index in [0.29, 0.717) is 11.1 Å². The van der Waals surface area contributed by atoms with Crippen molar-refractivity contribution in [1.29, 1.82) is 0 Å². The Hall–Kier alpha value is -3.48. The van der Waals surface area contributed by atoms with Gasteiger partial charge in [0.15, 0.2) is 5.78 Å². The van der Waals surface area contributed by atoms with E-state index in [2.05, 4.69) is 21.2 Å². The third-order valence-electron chi connectivity index (χ3n) is 6.92. The number of rotatable bonds is 11. The molecule has 0 amide bonds. The minimum absolute atomic E-state index is 0.00767. The molecule has 0 radical (unpaired) electrons. The molecule has 2 aliphatic rings. The molecule has 38 heavy (non-hydrogen) atoms. The molecule has 1 N–H and O–H groups in total. The van der Waals surface area contributed by atoms with Gasteiger partial charge < -0.3 is 15.0 Å². The molecule has 1 aliphatic carbocycles. The lowest BCUT2D eigenvalue weighted by Crippen LogP contribution is -2.32. The molecule has 2 aromatic rings. The van der Waals surface area contributed by atoms with Crippen molar-refractivity contribution < 1.29 is 13.9 Å². The summed E-state index contributed by atoms with van der Waals surface area (Å²) in [5, 5.41) is 3.41. The quantitative estimate of drug-likeness (QED) is 0.243. The smallest absolute Gasteiger partial charge is 0.195 e. The second-order valence-electron chi connectivity index (χ2n) is 9.71. The molecule has 1 fully saturated rings. The zero-order chi connectivity index (χ0) is 26.6. The first-order valence-corrected chi connectivity index (χ1v) is 13.5. The summed E-state index contributed by atoms with van der Waals surface area (Å²) in [5.41, 5.74) is 3.33. The van der Waals surface area contributed by atoms with Crippen LogP contribution < -0.4 is 5.32 Å². The van der Waals surface area contributed by atoms with Crippen molar-refractivity contribution in [2.45, 2.75) is 25.8 Å². The van der Waals surface area contributed by atoms with Crippen LogP contribution >= 0.6 is 0 Å². The Morgan fingerprint density at radius 2 is 1.79 bits per heavy atom. The number of benzene rings is 2. The van der Waals surface area contributed by atoms with E-state index in [4.69, 9.17) is 4.74 Å². The molecule has 200 valence electrons. The number of ether oxygens (including phenoxy) is 1. The molecule has 0 unspecified atom stereocenters. The highest BCUT2D eigenvalue weighted by atomic mass is 19.1. The number of carbonyl (C=O) groups is 1. The fraction of sp³-hybridized carbons (Fsp3) is 0.344. The number of hydrogen-bond acceptors (Lipinski definition) is 5. The molecule has 1 heterocycles. The summed E-state index contributed by atoms with van der Waals surface area (Å²) in [6.07, 6.45) is 12.7. The largest absolute Gasteiger partial charge is 0.497 e. The maximum Gasteiger partial charge on any atom is 0.195 e. The number of allylic oxidation sites excluding steroid dienone is 6. The monoisotopic (exact) mass is 515 g/mol. The van der Waals surface area contributed by atoms with Gasteiger partial charge in [-0.3, -0.25) is 9.69 Å². The van der Waals surface area contributed by atoms with Gasteiger partial charge in [0.2, 0.25) is 0 Å². The molecule has 0 atom stereocenters. The van der Waals surface area contributed by atoms with Crippen LogP contribution in [0.2, 0.25) is 0 Å². The number of hydrogen-bond donors (Lipinski definition) is 1. The highest BCUT2D eigenvalue weighted by Gasteiger charge is 2.17. The van der Waals surface area contributed by atoms with Crippen molar-refractivity contribution >= 4 is 5.78 Å². The minimum atomic E-state index is -0.185. The Kier molecular flexibility index (Phi) is 10.5. The summed E-state index contributed by atoms with van der Waals surface area (Å²) in [5.74, 6) is 0.539. The maximum absolute atomic E-state index is 13.4. The number of methoxy groups -OCH3 is 1. The average molecular weight is 516 g/mol. The fourth-order valence-corrected chi connectivity index (χ4v) is 4.81. The second-order valence-corrected chi connectivity index (χ2v) is 9.71. The van der Waals surface area contributed by atoms with Crippen LogP contribution in [0.25, 0.3) is 0 Å². The van der Waals surface area contributed by atoms with Crippen molar-refractivity contribution in [3.8, 4) is 0 Å². The van der Waals surface area contributed by atoms with Crippen LogP contribution in [-0.2, 0) is 11.3 Å². The zero-order valence-corrected chi connectivity index (χ0v) is 22.2. The lowest BCUT2D eigenvalue weighted by molar-refractivity contribution is 0.103. The van der Waals surface area contributed by atoms with Gasteiger partial charge >= 0.3 is 0 Å². The van der Waals surface area contributed by atoms with Crippen molar-refractivity contribution in [1.82, 2.24) is 15.1 Å². The van der Waals surface area contributed by atoms with E-state index in [1.54, 1.807) is 7.11 Å². The standard InChI is InChI=1S/C32H38FN3O2/c1-38-30-12-6-5-11-28(23-30)31(32(37)27-9-3-2-4-10-27)24-34-17-7-18-35-19-8-20-36(22-21-35)25-26-13-15-29(33)16-14-26/h2-4,6,9-16,23-24,34H,5,7-8,17-22,25H2,1H3/b31-24+. The molecule has 0 aromatic heterocycles. The van der Waals surface area contributed by atoms with Crippen molar-refractivity contribution in [3.05, 3.63) is 119 Å².